The second kappa shape index (κ2) is 5.14. The SMILES string of the molecule is NCC(=O)N(Cc1ccc([N+](=O)[O-])cc1)C1CC1. The van der Waals surface area contributed by atoms with Gasteiger partial charge >= 0.3 is 0 Å². The molecule has 6 nitrogen and oxygen atoms in total. The lowest BCUT2D eigenvalue weighted by Crippen LogP contribution is -2.37. The van der Waals surface area contributed by atoms with E-state index in [1.165, 1.54) is 12.1 Å². The fourth-order valence-electron chi connectivity index (χ4n) is 1.84. The molecule has 1 fully saturated rings. The van der Waals surface area contributed by atoms with Crippen LogP contribution in [0.5, 0.6) is 0 Å². The number of carbonyl (C=O) groups is 1. The predicted molar refractivity (Wildman–Crippen MR) is 65.7 cm³/mol. The third kappa shape index (κ3) is 2.84. The normalized spacial score (nSPS) is 14.3. The third-order valence-electron chi connectivity index (χ3n) is 2.98. The topological polar surface area (TPSA) is 89.5 Å². The Hall–Kier alpha value is -1.95. The molecule has 0 atom stereocenters. The smallest absolute Gasteiger partial charge is 0.269 e. The lowest BCUT2D eigenvalue weighted by atomic mass is 10.2. The Balaban J connectivity index is 2.06. The maximum Gasteiger partial charge on any atom is 0.269 e. The first-order chi connectivity index (χ1) is 8.61. The average molecular weight is 249 g/mol. The quantitative estimate of drug-likeness (QED) is 0.623. The first kappa shape index (κ1) is 12.5. The Labute approximate surface area is 105 Å². The summed E-state index contributed by atoms with van der Waals surface area (Å²) in [6.45, 7) is 0.474. The van der Waals surface area contributed by atoms with E-state index in [0.29, 0.717) is 6.54 Å². The molecule has 0 aliphatic heterocycles. The van der Waals surface area contributed by atoms with Crippen LogP contribution in [-0.4, -0.2) is 28.3 Å². The molecule has 18 heavy (non-hydrogen) atoms. The molecule has 0 aromatic heterocycles. The van der Waals surface area contributed by atoms with Crippen molar-refractivity contribution in [2.75, 3.05) is 6.54 Å². The van der Waals surface area contributed by atoms with Crippen molar-refractivity contribution in [1.29, 1.82) is 0 Å². The summed E-state index contributed by atoms with van der Waals surface area (Å²) < 4.78 is 0. The minimum atomic E-state index is -0.437. The molecule has 1 saturated carbocycles. The highest BCUT2D eigenvalue weighted by atomic mass is 16.6. The predicted octanol–water partition coefficient (Wildman–Crippen LogP) is 1.04. The second-order valence-corrected chi connectivity index (χ2v) is 4.38. The minimum Gasteiger partial charge on any atom is -0.334 e. The Morgan fingerprint density at radius 3 is 2.44 bits per heavy atom. The summed E-state index contributed by atoms with van der Waals surface area (Å²) in [7, 11) is 0. The van der Waals surface area contributed by atoms with Crippen molar-refractivity contribution in [1.82, 2.24) is 4.90 Å². The van der Waals surface area contributed by atoms with Crippen molar-refractivity contribution < 1.29 is 9.72 Å². The fraction of sp³-hybridized carbons (Fsp3) is 0.417. The van der Waals surface area contributed by atoms with Gasteiger partial charge in [0, 0.05) is 24.7 Å². The number of amides is 1. The summed E-state index contributed by atoms with van der Waals surface area (Å²) in [4.78, 5) is 23.5. The van der Waals surface area contributed by atoms with Gasteiger partial charge < -0.3 is 10.6 Å². The van der Waals surface area contributed by atoms with Crippen LogP contribution in [0.25, 0.3) is 0 Å². The van der Waals surface area contributed by atoms with Gasteiger partial charge in [0.25, 0.3) is 5.69 Å². The Morgan fingerprint density at radius 1 is 1.39 bits per heavy atom. The number of nitro benzene ring substituents is 1. The molecule has 1 aliphatic rings. The molecular formula is C12H15N3O3. The van der Waals surface area contributed by atoms with Gasteiger partial charge in [-0.05, 0) is 18.4 Å². The zero-order valence-corrected chi connectivity index (χ0v) is 9.91. The Bertz CT molecular complexity index is 454. The van der Waals surface area contributed by atoms with E-state index in [4.69, 9.17) is 5.73 Å². The molecule has 0 unspecified atom stereocenters. The van der Waals surface area contributed by atoms with Crippen LogP contribution in [0.3, 0.4) is 0 Å². The highest BCUT2D eigenvalue weighted by molar-refractivity contribution is 5.78. The van der Waals surface area contributed by atoms with E-state index >= 15 is 0 Å². The zero-order valence-electron chi connectivity index (χ0n) is 9.91. The summed E-state index contributed by atoms with van der Waals surface area (Å²) in [5.41, 5.74) is 6.32. The van der Waals surface area contributed by atoms with Crippen molar-refractivity contribution in [2.24, 2.45) is 5.73 Å². The standard InChI is InChI=1S/C12H15N3O3/c13-7-12(16)14(10-5-6-10)8-9-1-3-11(4-2-9)15(17)18/h1-4,10H,5-8,13H2. The van der Waals surface area contributed by atoms with E-state index in [-0.39, 0.29) is 24.2 Å². The molecule has 1 amide bonds. The summed E-state index contributed by atoms with van der Waals surface area (Å²) >= 11 is 0. The van der Waals surface area contributed by atoms with E-state index in [9.17, 15) is 14.9 Å². The van der Waals surface area contributed by atoms with E-state index in [0.717, 1.165) is 18.4 Å². The summed E-state index contributed by atoms with van der Waals surface area (Å²) in [6, 6.07) is 6.55. The van der Waals surface area contributed by atoms with Gasteiger partial charge in [-0.15, -0.1) is 0 Å². The van der Waals surface area contributed by atoms with Crippen molar-refractivity contribution in [3.63, 3.8) is 0 Å². The molecule has 0 heterocycles. The van der Waals surface area contributed by atoms with E-state index in [2.05, 4.69) is 0 Å². The molecule has 0 bridgehead atoms. The number of hydrogen-bond acceptors (Lipinski definition) is 4. The van der Waals surface area contributed by atoms with Crippen molar-refractivity contribution in [3.8, 4) is 0 Å². The molecule has 96 valence electrons. The van der Waals surface area contributed by atoms with Crippen LogP contribution in [0.2, 0.25) is 0 Å². The van der Waals surface area contributed by atoms with Crippen LogP contribution in [0.15, 0.2) is 24.3 Å². The van der Waals surface area contributed by atoms with Gasteiger partial charge in [-0.3, -0.25) is 14.9 Å². The highest BCUT2D eigenvalue weighted by Gasteiger charge is 2.31. The Kier molecular flexibility index (Phi) is 3.57. The number of nitrogens with two attached hydrogens (primary N) is 1. The molecule has 2 rings (SSSR count). The number of carbonyl (C=O) groups excluding carboxylic acids is 1. The molecule has 2 N–H and O–H groups in total. The number of benzene rings is 1. The van der Waals surface area contributed by atoms with Gasteiger partial charge in [-0.25, -0.2) is 0 Å². The summed E-state index contributed by atoms with van der Waals surface area (Å²) in [6.07, 6.45) is 2.03. The second-order valence-electron chi connectivity index (χ2n) is 4.38. The minimum absolute atomic E-state index is 0.00345. The van der Waals surface area contributed by atoms with Gasteiger partial charge in [-0.2, -0.15) is 0 Å². The highest BCUT2D eigenvalue weighted by Crippen LogP contribution is 2.28. The van der Waals surface area contributed by atoms with E-state index in [1.54, 1.807) is 17.0 Å². The van der Waals surface area contributed by atoms with Crippen LogP contribution < -0.4 is 5.73 Å². The number of nitrogens with zero attached hydrogens (tertiary/aromatic N) is 2. The largest absolute Gasteiger partial charge is 0.334 e. The van der Waals surface area contributed by atoms with Gasteiger partial charge in [0.05, 0.1) is 11.5 Å². The van der Waals surface area contributed by atoms with Crippen molar-refractivity contribution in [3.05, 3.63) is 39.9 Å². The van der Waals surface area contributed by atoms with Crippen molar-refractivity contribution >= 4 is 11.6 Å². The van der Waals surface area contributed by atoms with Crippen molar-refractivity contribution in [2.45, 2.75) is 25.4 Å². The van der Waals surface area contributed by atoms with Crippen LogP contribution in [0, 0.1) is 10.1 Å². The number of rotatable bonds is 5. The monoisotopic (exact) mass is 249 g/mol. The fourth-order valence-corrected chi connectivity index (χ4v) is 1.84. The van der Waals surface area contributed by atoms with Gasteiger partial charge in [0.2, 0.25) is 5.91 Å². The van der Waals surface area contributed by atoms with Crippen LogP contribution >= 0.6 is 0 Å². The molecule has 0 spiro atoms. The molecule has 1 aromatic carbocycles. The number of nitro groups is 1. The maximum atomic E-state index is 11.7. The first-order valence-corrected chi connectivity index (χ1v) is 5.84. The van der Waals surface area contributed by atoms with Gasteiger partial charge in [-0.1, -0.05) is 12.1 Å². The first-order valence-electron chi connectivity index (χ1n) is 5.84. The van der Waals surface area contributed by atoms with Crippen LogP contribution in [0.1, 0.15) is 18.4 Å². The van der Waals surface area contributed by atoms with Crippen LogP contribution in [0.4, 0.5) is 5.69 Å². The third-order valence-corrected chi connectivity index (χ3v) is 2.98. The zero-order chi connectivity index (χ0) is 13.1. The van der Waals surface area contributed by atoms with E-state index < -0.39 is 4.92 Å². The maximum absolute atomic E-state index is 11.7. The lowest BCUT2D eigenvalue weighted by molar-refractivity contribution is -0.384. The molecular weight excluding hydrogens is 234 g/mol. The number of non-ortho nitro benzene ring substituents is 1. The average Bonchev–Trinajstić information content (AvgIpc) is 3.20. The molecule has 6 heteroatoms. The van der Waals surface area contributed by atoms with Crippen LogP contribution in [-0.2, 0) is 11.3 Å². The molecule has 0 radical (unpaired) electrons. The molecule has 1 aromatic rings. The summed E-state index contributed by atoms with van der Waals surface area (Å²) in [5.74, 6) is -0.0733. The number of hydrogen-bond donors (Lipinski definition) is 1. The Morgan fingerprint density at radius 2 is 2.00 bits per heavy atom. The van der Waals surface area contributed by atoms with Gasteiger partial charge in [0.1, 0.15) is 0 Å². The van der Waals surface area contributed by atoms with E-state index in [1.807, 2.05) is 0 Å². The molecule has 1 aliphatic carbocycles. The lowest BCUT2D eigenvalue weighted by Gasteiger charge is -2.21. The summed E-state index contributed by atoms with van der Waals surface area (Å²) in [5, 5.41) is 10.5. The molecule has 0 saturated heterocycles. The van der Waals surface area contributed by atoms with Gasteiger partial charge in [0.15, 0.2) is 0 Å².